The van der Waals surface area contributed by atoms with Crippen LogP contribution < -0.4 is 14.4 Å². The number of nitro benzene ring substituents is 1. The van der Waals surface area contributed by atoms with Crippen LogP contribution in [-0.4, -0.2) is 30.8 Å². The number of allylic oxidation sites excluding steroid dienone is 1. The molecule has 3 aromatic carbocycles. The van der Waals surface area contributed by atoms with E-state index < -0.39 is 4.92 Å². The number of fused-ring (bicyclic) bond motifs is 1. The molecule has 33 heavy (non-hydrogen) atoms. The van der Waals surface area contributed by atoms with Crippen molar-refractivity contribution in [2.45, 2.75) is 6.54 Å². The number of rotatable bonds is 7. The number of hydrogen-bond donors (Lipinski definition) is 0. The number of amides is 1. The number of carbonyl (C=O) groups excluding carboxylic acids is 2. The van der Waals surface area contributed by atoms with Crippen LogP contribution in [0.2, 0.25) is 0 Å². The number of hydrogen-bond acceptors (Lipinski definition) is 6. The van der Waals surface area contributed by atoms with Gasteiger partial charge >= 0.3 is 0 Å². The van der Waals surface area contributed by atoms with Gasteiger partial charge in [-0.1, -0.05) is 12.1 Å². The van der Waals surface area contributed by atoms with Crippen LogP contribution in [0.1, 0.15) is 31.8 Å². The summed E-state index contributed by atoms with van der Waals surface area (Å²) in [6, 6.07) is 16.3. The Bertz CT molecular complexity index is 1260. The maximum Gasteiger partial charge on any atom is 0.269 e. The number of carbonyl (C=O) groups is 2. The molecule has 1 heterocycles. The van der Waals surface area contributed by atoms with Crippen LogP contribution in [0.5, 0.6) is 11.5 Å². The van der Waals surface area contributed by atoms with Gasteiger partial charge in [-0.3, -0.25) is 19.7 Å². The molecule has 8 nitrogen and oxygen atoms in total. The monoisotopic (exact) mass is 444 g/mol. The average molecular weight is 444 g/mol. The minimum Gasteiger partial charge on any atom is -0.493 e. The third-order valence-electron chi connectivity index (χ3n) is 5.41. The summed E-state index contributed by atoms with van der Waals surface area (Å²) >= 11 is 0. The highest BCUT2D eigenvalue weighted by atomic mass is 16.6. The van der Waals surface area contributed by atoms with Crippen molar-refractivity contribution in [1.82, 2.24) is 0 Å². The first-order valence-corrected chi connectivity index (χ1v) is 10.1. The number of ketones is 1. The summed E-state index contributed by atoms with van der Waals surface area (Å²) in [6.07, 6.45) is 3.00. The molecule has 8 heteroatoms. The van der Waals surface area contributed by atoms with E-state index in [0.717, 1.165) is 5.56 Å². The van der Waals surface area contributed by atoms with Gasteiger partial charge in [0.1, 0.15) is 0 Å². The summed E-state index contributed by atoms with van der Waals surface area (Å²) in [6.45, 7) is 0.391. The number of ether oxygens (including phenoxy) is 2. The maximum atomic E-state index is 13.1. The van der Waals surface area contributed by atoms with Crippen LogP contribution in [0.25, 0.3) is 6.08 Å². The fourth-order valence-corrected chi connectivity index (χ4v) is 3.70. The zero-order chi connectivity index (χ0) is 23.5. The molecule has 0 aromatic heterocycles. The Labute approximate surface area is 189 Å². The van der Waals surface area contributed by atoms with Crippen molar-refractivity contribution in [1.29, 1.82) is 0 Å². The second-order valence-corrected chi connectivity index (χ2v) is 7.32. The van der Waals surface area contributed by atoms with Crippen LogP contribution in [0, 0.1) is 10.1 Å². The van der Waals surface area contributed by atoms with Crippen molar-refractivity contribution in [3.8, 4) is 11.5 Å². The second kappa shape index (κ2) is 8.96. The van der Waals surface area contributed by atoms with Gasteiger partial charge in [-0.2, -0.15) is 0 Å². The van der Waals surface area contributed by atoms with Crippen molar-refractivity contribution in [2.75, 3.05) is 19.1 Å². The predicted molar refractivity (Wildman–Crippen MR) is 123 cm³/mol. The van der Waals surface area contributed by atoms with Crippen molar-refractivity contribution in [3.63, 3.8) is 0 Å². The minimum atomic E-state index is -0.476. The lowest BCUT2D eigenvalue weighted by Crippen LogP contribution is -2.23. The molecule has 0 bridgehead atoms. The summed E-state index contributed by atoms with van der Waals surface area (Å²) in [7, 11) is 3.02. The van der Waals surface area contributed by atoms with Gasteiger partial charge in [0.05, 0.1) is 31.3 Å². The number of anilines is 1. The molecular weight excluding hydrogens is 424 g/mol. The largest absolute Gasteiger partial charge is 0.493 e. The van der Waals surface area contributed by atoms with E-state index in [2.05, 4.69) is 0 Å². The van der Waals surface area contributed by atoms with Gasteiger partial charge in [-0.15, -0.1) is 0 Å². The molecule has 0 spiro atoms. The van der Waals surface area contributed by atoms with Crippen molar-refractivity contribution >= 4 is 29.1 Å². The number of nitrogens with zero attached hydrogens (tertiary/aromatic N) is 2. The van der Waals surface area contributed by atoms with Crippen molar-refractivity contribution in [3.05, 3.63) is 99.1 Å². The van der Waals surface area contributed by atoms with Gasteiger partial charge in [0.2, 0.25) is 0 Å². The molecular formula is C25H20N2O6. The third-order valence-corrected chi connectivity index (χ3v) is 5.41. The van der Waals surface area contributed by atoms with E-state index >= 15 is 0 Å². The molecule has 1 amide bonds. The van der Waals surface area contributed by atoms with Crippen molar-refractivity contribution in [2.24, 2.45) is 0 Å². The lowest BCUT2D eigenvalue weighted by Gasteiger charge is -2.16. The zero-order valence-corrected chi connectivity index (χ0v) is 18.0. The molecule has 0 fully saturated rings. The standard InChI is InChI=1S/C25H20N2O6/c1-32-22-14-8-18-15-26(25(29)23(18)24(22)33-2)19-11-6-17(7-12-19)21(28)13-5-16-3-9-20(10-4-16)27(30)31/h3-14H,15H2,1-2H3/b13-5+. The first-order valence-electron chi connectivity index (χ1n) is 10.1. The molecule has 1 aliphatic rings. The van der Waals surface area contributed by atoms with Crippen LogP contribution in [0.15, 0.2) is 66.7 Å². The van der Waals surface area contributed by atoms with Gasteiger partial charge in [-0.05, 0) is 59.7 Å². The Morgan fingerprint density at radius 2 is 1.70 bits per heavy atom. The predicted octanol–water partition coefficient (Wildman–Crippen LogP) is 4.67. The Morgan fingerprint density at radius 1 is 1.00 bits per heavy atom. The van der Waals surface area contributed by atoms with Crippen LogP contribution in [-0.2, 0) is 6.54 Å². The van der Waals surface area contributed by atoms with Crippen LogP contribution in [0.4, 0.5) is 11.4 Å². The summed E-state index contributed by atoms with van der Waals surface area (Å²) in [5.41, 5.74) is 3.10. The summed E-state index contributed by atoms with van der Waals surface area (Å²) in [4.78, 5) is 37.4. The number of methoxy groups -OCH3 is 2. The molecule has 0 unspecified atom stereocenters. The molecule has 0 saturated heterocycles. The molecule has 3 aromatic rings. The first kappa shape index (κ1) is 21.8. The Balaban J connectivity index is 1.49. The SMILES string of the molecule is COc1ccc2c(c1OC)C(=O)N(c1ccc(C(=O)/C=C/c3ccc([N+](=O)[O-])cc3)cc1)C2. The minimum absolute atomic E-state index is 0.0104. The van der Waals surface area contributed by atoms with Gasteiger partial charge in [-0.25, -0.2) is 0 Å². The van der Waals surface area contributed by atoms with E-state index in [4.69, 9.17) is 9.47 Å². The number of non-ortho nitro benzene ring substituents is 1. The van der Waals surface area contributed by atoms with E-state index in [1.54, 1.807) is 53.4 Å². The summed E-state index contributed by atoms with van der Waals surface area (Å²) in [5.74, 6) is 0.484. The third kappa shape index (κ3) is 4.18. The fraction of sp³-hybridized carbons (Fsp3) is 0.120. The summed E-state index contributed by atoms with van der Waals surface area (Å²) in [5, 5.41) is 10.7. The molecule has 166 valence electrons. The van der Waals surface area contributed by atoms with E-state index in [-0.39, 0.29) is 17.4 Å². The second-order valence-electron chi connectivity index (χ2n) is 7.32. The zero-order valence-electron chi connectivity index (χ0n) is 18.0. The lowest BCUT2D eigenvalue weighted by atomic mass is 10.1. The highest BCUT2D eigenvalue weighted by Gasteiger charge is 2.33. The Morgan fingerprint density at radius 3 is 2.30 bits per heavy atom. The molecule has 1 aliphatic heterocycles. The van der Waals surface area contributed by atoms with Gasteiger partial charge in [0.15, 0.2) is 17.3 Å². The van der Waals surface area contributed by atoms with E-state index in [1.807, 2.05) is 6.07 Å². The Hall–Kier alpha value is -4.46. The topological polar surface area (TPSA) is 99.0 Å². The van der Waals surface area contributed by atoms with Gasteiger partial charge < -0.3 is 14.4 Å². The average Bonchev–Trinajstić information content (AvgIpc) is 3.18. The van der Waals surface area contributed by atoms with Gasteiger partial charge in [0, 0.05) is 23.4 Å². The van der Waals surface area contributed by atoms with E-state index in [0.29, 0.717) is 40.4 Å². The highest BCUT2D eigenvalue weighted by molar-refractivity contribution is 6.12. The molecule has 0 atom stereocenters. The Kier molecular flexibility index (Phi) is 5.91. The fourth-order valence-electron chi connectivity index (χ4n) is 3.70. The quantitative estimate of drug-likeness (QED) is 0.227. The first-order chi connectivity index (χ1) is 15.9. The molecule has 0 radical (unpaired) electrons. The van der Waals surface area contributed by atoms with Crippen molar-refractivity contribution < 1.29 is 24.0 Å². The molecule has 4 rings (SSSR count). The molecule has 0 N–H and O–H groups in total. The van der Waals surface area contributed by atoms with E-state index in [9.17, 15) is 19.7 Å². The normalized spacial score (nSPS) is 12.7. The highest BCUT2D eigenvalue weighted by Crippen LogP contribution is 2.39. The van der Waals surface area contributed by atoms with E-state index in [1.165, 1.54) is 32.4 Å². The van der Waals surface area contributed by atoms with Crippen LogP contribution >= 0.6 is 0 Å². The van der Waals surface area contributed by atoms with Crippen LogP contribution in [0.3, 0.4) is 0 Å². The smallest absolute Gasteiger partial charge is 0.269 e. The summed E-state index contributed by atoms with van der Waals surface area (Å²) < 4.78 is 10.7. The lowest BCUT2D eigenvalue weighted by molar-refractivity contribution is -0.384. The number of benzene rings is 3. The molecule has 0 saturated carbocycles. The number of nitro groups is 1. The molecule has 0 aliphatic carbocycles. The van der Waals surface area contributed by atoms with Gasteiger partial charge in [0.25, 0.3) is 11.6 Å². The maximum absolute atomic E-state index is 13.1.